The number of carbonyl (C=O) groups excluding carboxylic acids is 3. The van der Waals surface area contributed by atoms with E-state index >= 15 is 0 Å². The molecule has 2 aromatic rings. The molecule has 2 N–H and O–H groups in total. The molecule has 0 spiro atoms. The molecule has 0 aromatic heterocycles. The van der Waals surface area contributed by atoms with Gasteiger partial charge in [0.25, 0.3) is 11.8 Å². The van der Waals surface area contributed by atoms with Crippen LogP contribution in [-0.4, -0.2) is 79.2 Å². The Morgan fingerprint density at radius 1 is 1.11 bits per heavy atom. The number of allylic oxidation sites excluding steroid dienone is 1. The lowest BCUT2D eigenvalue weighted by molar-refractivity contribution is -0.199. The fourth-order valence-corrected chi connectivity index (χ4v) is 9.15. The van der Waals surface area contributed by atoms with Gasteiger partial charge in [-0.15, -0.1) is 0 Å². The smallest absolute Gasteiger partial charge is 0.404 e. The van der Waals surface area contributed by atoms with E-state index in [9.17, 15) is 19.6 Å². The second kappa shape index (κ2) is 16.1. The van der Waals surface area contributed by atoms with Gasteiger partial charge in [-0.2, -0.15) is 5.26 Å². The standard InChI is InChI=1S/C40H49BCl2N4O6/c1-24(2)16-26(21-44)38(50)47-15-9-12-29(47)22-51-23-32(45-36(48)30-20-28(42)13-14-31(30)43)37(49)46-35(17-25-10-7-6-8-11-25)41-52-34-19-27-18-33(39(27,3)4)40(34,5)53-41/h6-8,10-11,13-14,16,20,24,27,29,32-35H,9,12,15,17-19,22-23H2,1-5H3,(H,45,48)(H,46,49)/t27-,29-,32+,33+,34-,35+,40+/m1/s1. The summed E-state index contributed by atoms with van der Waals surface area (Å²) in [6.07, 6.45) is 5.45. The van der Waals surface area contributed by atoms with Crippen LogP contribution in [0.25, 0.3) is 0 Å². The third kappa shape index (κ3) is 8.33. The van der Waals surface area contributed by atoms with E-state index in [1.807, 2.05) is 50.2 Å². The zero-order valence-electron chi connectivity index (χ0n) is 31.1. The summed E-state index contributed by atoms with van der Waals surface area (Å²) in [5, 5.41) is 16.1. The van der Waals surface area contributed by atoms with Gasteiger partial charge in [-0.25, -0.2) is 0 Å². The molecule has 3 aliphatic carbocycles. The second-order valence-electron chi connectivity index (χ2n) is 16.1. The third-order valence-corrected chi connectivity index (χ3v) is 12.4. The van der Waals surface area contributed by atoms with Crippen LogP contribution in [0, 0.1) is 34.5 Å². The lowest BCUT2D eigenvalue weighted by atomic mass is 9.43. The van der Waals surface area contributed by atoms with Crippen LogP contribution in [0.15, 0.2) is 60.2 Å². The average molecular weight is 764 g/mol. The van der Waals surface area contributed by atoms with Gasteiger partial charge in [-0.05, 0) is 86.0 Å². The number of benzene rings is 2. The Kier molecular flexibility index (Phi) is 12.0. The first kappa shape index (κ1) is 39.3. The predicted octanol–water partition coefficient (Wildman–Crippen LogP) is 6.20. The van der Waals surface area contributed by atoms with E-state index < -0.39 is 36.5 Å². The van der Waals surface area contributed by atoms with E-state index in [0.29, 0.717) is 36.2 Å². The van der Waals surface area contributed by atoms with Crippen molar-refractivity contribution in [1.82, 2.24) is 15.5 Å². The first-order chi connectivity index (χ1) is 25.2. The highest BCUT2D eigenvalue weighted by Gasteiger charge is 2.68. The molecule has 2 aliphatic heterocycles. The molecule has 282 valence electrons. The van der Waals surface area contributed by atoms with E-state index in [1.165, 1.54) is 12.1 Å². The van der Waals surface area contributed by atoms with Crippen molar-refractivity contribution in [3.8, 4) is 6.07 Å². The van der Waals surface area contributed by atoms with Crippen LogP contribution in [0.3, 0.4) is 0 Å². The molecule has 2 saturated heterocycles. The topological polar surface area (TPSA) is 130 Å². The highest BCUT2D eigenvalue weighted by atomic mass is 35.5. The van der Waals surface area contributed by atoms with E-state index in [-0.39, 0.29) is 58.8 Å². The van der Waals surface area contributed by atoms with Gasteiger partial charge in [0.15, 0.2) is 0 Å². The molecule has 2 aromatic carbocycles. The van der Waals surface area contributed by atoms with Crippen LogP contribution >= 0.6 is 23.2 Å². The first-order valence-corrected chi connectivity index (χ1v) is 19.4. The molecule has 0 unspecified atom stereocenters. The molecule has 2 heterocycles. The minimum absolute atomic E-state index is 0.0388. The Morgan fingerprint density at radius 2 is 1.87 bits per heavy atom. The molecule has 13 heteroatoms. The van der Waals surface area contributed by atoms with Crippen LogP contribution in [0.2, 0.25) is 10.0 Å². The van der Waals surface area contributed by atoms with Crippen LogP contribution in [-0.2, 0) is 30.1 Å². The minimum atomic E-state index is -1.15. The zero-order valence-corrected chi connectivity index (χ0v) is 32.6. The summed E-state index contributed by atoms with van der Waals surface area (Å²) in [5.74, 6) is -1.05. The van der Waals surface area contributed by atoms with Crippen molar-refractivity contribution >= 4 is 48.0 Å². The molecule has 0 radical (unpaired) electrons. The van der Waals surface area contributed by atoms with Crippen molar-refractivity contribution < 1.29 is 28.4 Å². The molecular formula is C40H49BCl2N4O6. The molecule has 3 amide bonds. The summed E-state index contributed by atoms with van der Waals surface area (Å²) in [4.78, 5) is 42.9. The number of nitrogens with zero attached hydrogens (tertiary/aromatic N) is 2. The van der Waals surface area contributed by atoms with Crippen LogP contribution in [0.1, 0.15) is 76.2 Å². The number of hydrogen-bond donors (Lipinski definition) is 2. The van der Waals surface area contributed by atoms with E-state index in [4.69, 9.17) is 37.2 Å². The van der Waals surface area contributed by atoms with Gasteiger partial charge in [0.2, 0.25) is 5.91 Å². The maximum atomic E-state index is 14.3. The number of rotatable bonds is 13. The lowest BCUT2D eigenvalue weighted by Gasteiger charge is -2.64. The third-order valence-electron chi connectivity index (χ3n) is 11.8. The van der Waals surface area contributed by atoms with Crippen molar-refractivity contribution in [2.75, 3.05) is 19.8 Å². The summed E-state index contributed by atoms with van der Waals surface area (Å²) in [6, 6.07) is 15.0. The van der Waals surface area contributed by atoms with E-state index in [2.05, 4.69) is 31.4 Å². The van der Waals surface area contributed by atoms with Gasteiger partial charge < -0.3 is 29.6 Å². The predicted molar refractivity (Wildman–Crippen MR) is 204 cm³/mol. The normalized spacial score (nSPS) is 27.0. The molecule has 10 nitrogen and oxygen atoms in total. The average Bonchev–Trinajstić information content (AvgIpc) is 3.74. The van der Waals surface area contributed by atoms with Crippen LogP contribution in [0.4, 0.5) is 0 Å². The van der Waals surface area contributed by atoms with Crippen molar-refractivity contribution in [3.63, 3.8) is 0 Å². The molecule has 2 bridgehead atoms. The number of likely N-dealkylation sites (tertiary alicyclic amines) is 1. The first-order valence-electron chi connectivity index (χ1n) is 18.6. The number of halogens is 2. The Hall–Kier alpha value is -3.40. The summed E-state index contributed by atoms with van der Waals surface area (Å²) in [5.41, 5.74) is 0.878. The van der Waals surface area contributed by atoms with E-state index in [1.54, 1.807) is 17.0 Å². The Balaban J connectivity index is 1.21. The lowest BCUT2D eigenvalue weighted by Crippen LogP contribution is -2.65. The van der Waals surface area contributed by atoms with Gasteiger partial charge in [0, 0.05) is 11.6 Å². The number of nitriles is 1. The summed E-state index contributed by atoms with van der Waals surface area (Å²) >= 11 is 12.6. The summed E-state index contributed by atoms with van der Waals surface area (Å²) in [6.45, 7) is 11.0. The Labute approximate surface area is 323 Å². The summed E-state index contributed by atoms with van der Waals surface area (Å²) in [7, 11) is -0.713. The van der Waals surface area contributed by atoms with Gasteiger partial charge >= 0.3 is 7.12 Å². The highest BCUT2D eigenvalue weighted by Crippen LogP contribution is 2.65. The molecule has 3 saturated carbocycles. The SMILES string of the molecule is CC(C)C=C(C#N)C(=O)N1CCC[C@@H]1COC[C@H](NC(=O)c1cc(Cl)ccc1Cl)C(=O)N[C@@H](Cc1ccccc1)B1O[C@@H]2C[C@H]3C[C@@H](C3(C)C)[C@]2(C)O1. The Bertz CT molecular complexity index is 1770. The Morgan fingerprint density at radius 3 is 2.57 bits per heavy atom. The molecule has 53 heavy (non-hydrogen) atoms. The number of amides is 3. The molecule has 7 atom stereocenters. The van der Waals surface area contributed by atoms with E-state index in [0.717, 1.165) is 24.8 Å². The van der Waals surface area contributed by atoms with Crippen molar-refractivity contribution in [3.05, 3.63) is 81.4 Å². The largest absolute Gasteiger partial charge is 0.482 e. The minimum Gasteiger partial charge on any atom is -0.404 e. The number of nitrogens with one attached hydrogen (secondary N) is 2. The summed E-state index contributed by atoms with van der Waals surface area (Å²) < 4.78 is 19.6. The monoisotopic (exact) mass is 762 g/mol. The molecular weight excluding hydrogens is 714 g/mol. The van der Waals surface area contributed by atoms with Gasteiger partial charge in [-0.1, -0.05) is 87.3 Å². The fourth-order valence-electron chi connectivity index (χ4n) is 8.77. The van der Waals surface area contributed by atoms with Crippen molar-refractivity contribution in [2.24, 2.45) is 23.2 Å². The number of hydrogen-bond acceptors (Lipinski definition) is 7. The van der Waals surface area contributed by atoms with Crippen LogP contribution in [0.5, 0.6) is 0 Å². The highest BCUT2D eigenvalue weighted by molar-refractivity contribution is 6.48. The van der Waals surface area contributed by atoms with Crippen molar-refractivity contribution in [2.45, 2.75) is 96.5 Å². The molecule has 5 aliphatic rings. The number of ether oxygens (including phenoxy) is 1. The zero-order chi connectivity index (χ0) is 38.1. The second-order valence-corrected chi connectivity index (χ2v) is 16.9. The van der Waals surface area contributed by atoms with Crippen molar-refractivity contribution in [1.29, 1.82) is 5.26 Å². The van der Waals surface area contributed by atoms with Crippen LogP contribution < -0.4 is 10.6 Å². The van der Waals surface area contributed by atoms with Gasteiger partial charge in [0.05, 0.1) is 47.5 Å². The molecule has 7 rings (SSSR count). The van der Waals surface area contributed by atoms with Gasteiger partial charge in [-0.3, -0.25) is 14.4 Å². The maximum Gasteiger partial charge on any atom is 0.482 e. The fraction of sp³-hybridized carbons (Fsp3) is 0.550. The quantitative estimate of drug-likeness (QED) is 0.141. The molecule has 5 fully saturated rings. The van der Waals surface area contributed by atoms with Gasteiger partial charge in [0.1, 0.15) is 17.7 Å². The maximum absolute atomic E-state index is 14.3. The number of carbonyl (C=O) groups is 3.